The number of hydrogen-bond acceptors (Lipinski definition) is 2. The maximum Gasteiger partial charge on any atom is 0.220 e. The summed E-state index contributed by atoms with van der Waals surface area (Å²) in [5.41, 5.74) is 1.61. The van der Waals surface area contributed by atoms with E-state index in [2.05, 4.69) is 16.7 Å². The highest BCUT2D eigenvalue weighted by Gasteiger charge is 2.19. The van der Waals surface area contributed by atoms with Gasteiger partial charge in [0.05, 0.1) is 0 Å². The molecular formula is C12H20N2O. The van der Waals surface area contributed by atoms with Crippen LogP contribution < -0.4 is 10.6 Å². The minimum Gasteiger partial charge on any atom is -0.352 e. The lowest BCUT2D eigenvalue weighted by Gasteiger charge is -2.11. The van der Waals surface area contributed by atoms with Crippen molar-refractivity contribution in [2.24, 2.45) is 0 Å². The molecule has 15 heavy (non-hydrogen) atoms. The Bertz CT molecular complexity index is 260. The topological polar surface area (TPSA) is 41.1 Å². The number of rotatable bonds is 5. The molecule has 1 saturated heterocycles. The van der Waals surface area contributed by atoms with E-state index < -0.39 is 0 Å². The van der Waals surface area contributed by atoms with Crippen LogP contribution in [0.4, 0.5) is 0 Å². The standard InChI is InChI=1S/C12H20N2O/c15-12-6-5-11(14-12)9-13-8-7-10-3-1-2-4-10/h3,11,13H,1-2,4-9H2,(H,14,15). The van der Waals surface area contributed by atoms with Crippen LogP contribution in [-0.2, 0) is 4.79 Å². The molecule has 1 atom stereocenters. The molecule has 3 heteroatoms. The van der Waals surface area contributed by atoms with Crippen LogP contribution in [-0.4, -0.2) is 25.0 Å². The van der Waals surface area contributed by atoms with Crippen LogP contribution in [0.5, 0.6) is 0 Å². The maximum atomic E-state index is 10.9. The number of amides is 1. The van der Waals surface area contributed by atoms with Crippen LogP contribution in [0.15, 0.2) is 11.6 Å². The first kappa shape index (κ1) is 10.7. The summed E-state index contributed by atoms with van der Waals surface area (Å²) >= 11 is 0. The van der Waals surface area contributed by atoms with Crippen molar-refractivity contribution in [3.05, 3.63) is 11.6 Å². The number of hydrogen-bond donors (Lipinski definition) is 2. The zero-order valence-electron chi connectivity index (χ0n) is 9.22. The lowest BCUT2D eigenvalue weighted by Crippen LogP contribution is -2.36. The first-order valence-electron chi connectivity index (χ1n) is 6.02. The van der Waals surface area contributed by atoms with E-state index in [1.165, 1.54) is 25.7 Å². The first-order valence-corrected chi connectivity index (χ1v) is 6.02. The van der Waals surface area contributed by atoms with Gasteiger partial charge in [0, 0.05) is 19.0 Å². The average Bonchev–Trinajstić information content (AvgIpc) is 2.84. The molecule has 1 aliphatic heterocycles. The molecule has 0 aromatic rings. The molecule has 0 radical (unpaired) electrons. The fraction of sp³-hybridized carbons (Fsp3) is 0.750. The molecule has 0 aromatic carbocycles. The Morgan fingerprint density at radius 2 is 2.40 bits per heavy atom. The lowest BCUT2D eigenvalue weighted by molar-refractivity contribution is -0.119. The third-order valence-electron chi connectivity index (χ3n) is 3.23. The van der Waals surface area contributed by atoms with Gasteiger partial charge in [-0.25, -0.2) is 0 Å². The molecular weight excluding hydrogens is 188 g/mol. The second kappa shape index (κ2) is 5.31. The maximum absolute atomic E-state index is 10.9. The third-order valence-corrected chi connectivity index (χ3v) is 3.23. The molecule has 1 fully saturated rings. The Labute approximate surface area is 91.3 Å². The molecule has 2 aliphatic rings. The van der Waals surface area contributed by atoms with Crippen molar-refractivity contribution in [1.29, 1.82) is 0 Å². The van der Waals surface area contributed by atoms with Gasteiger partial charge in [0.15, 0.2) is 0 Å². The van der Waals surface area contributed by atoms with Gasteiger partial charge in [0.1, 0.15) is 0 Å². The van der Waals surface area contributed by atoms with E-state index in [0.29, 0.717) is 12.5 Å². The van der Waals surface area contributed by atoms with Crippen molar-refractivity contribution in [3.63, 3.8) is 0 Å². The molecule has 3 nitrogen and oxygen atoms in total. The van der Waals surface area contributed by atoms with Crippen molar-refractivity contribution in [2.45, 2.75) is 44.6 Å². The molecule has 1 heterocycles. The summed E-state index contributed by atoms with van der Waals surface area (Å²) in [5.74, 6) is 0.209. The van der Waals surface area contributed by atoms with Crippen molar-refractivity contribution in [3.8, 4) is 0 Å². The molecule has 1 unspecified atom stereocenters. The van der Waals surface area contributed by atoms with Gasteiger partial charge in [0.2, 0.25) is 5.91 Å². The summed E-state index contributed by atoms with van der Waals surface area (Å²) in [6.07, 6.45) is 9.16. The molecule has 0 aromatic heterocycles. The van der Waals surface area contributed by atoms with E-state index in [0.717, 1.165) is 19.5 Å². The summed E-state index contributed by atoms with van der Waals surface area (Å²) < 4.78 is 0. The summed E-state index contributed by atoms with van der Waals surface area (Å²) in [4.78, 5) is 10.9. The van der Waals surface area contributed by atoms with Crippen LogP contribution in [0, 0.1) is 0 Å². The smallest absolute Gasteiger partial charge is 0.220 e. The number of carbonyl (C=O) groups is 1. The SMILES string of the molecule is O=C1CCC(CNCCC2=CCCC2)N1. The van der Waals surface area contributed by atoms with E-state index in [1.54, 1.807) is 5.57 Å². The van der Waals surface area contributed by atoms with E-state index >= 15 is 0 Å². The minimum absolute atomic E-state index is 0.209. The van der Waals surface area contributed by atoms with Crippen molar-refractivity contribution >= 4 is 5.91 Å². The highest BCUT2D eigenvalue weighted by atomic mass is 16.1. The second-order valence-corrected chi connectivity index (χ2v) is 4.51. The lowest BCUT2D eigenvalue weighted by atomic mass is 10.1. The Balaban J connectivity index is 1.53. The summed E-state index contributed by atoms with van der Waals surface area (Å²) in [6, 6.07) is 0.370. The quantitative estimate of drug-likeness (QED) is 0.529. The van der Waals surface area contributed by atoms with Gasteiger partial charge in [-0.1, -0.05) is 11.6 Å². The fourth-order valence-corrected chi connectivity index (χ4v) is 2.32. The number of nitrogens with one attached hydrogen (secondary N) is 2. The predicted molar refractivity (Wildman–Crippen MR) is 60.6 cm³/mol. The fourth-order valence-electron chi connectivity index (χ4n) is 2.32. The van der Waals surface area contributed by atoms with Gasteiger partial charge >= 0.3 is 0 Å². The van der Waals surface area contributed by atoms with Gasteiger partial charge < -0.3 is 10.6 Å². The Morgan fingerprint density at radius 3 is 3.07 bits per heavy atom. The van der Waals surface area contributed by atoms with Gasteiger partial charge in [0.25, 0.3) is 0 Å². The molecule has 84 valence electrons. The summed E-state index contributed by atoms with van der Waals surface area (Å²) in [7, 11) is 0. The average molecular weight is 208 g/mol. The number of allylic oxidation sites excluding steroid dienone is 1. The Morgan fingerprint density at radius 1 is 1.47 bits per heavy atom. The molecule has 0 bridgehead atoms. The van der Waals surface area contributed by atoms with Gasteiger partial charge in [-0.15, -0.1) is 0 Å². The number of carbonyl (C=O) groups excluding carboxylic acids is 1. The Hall–Kier alpha value is -0.830. The van der Waals surface area contributed by atoms with Gasteiger partial charge in [-0.05, 0) is 38.6 Å². The van der Waals surface area contributed by atoms with E-state index in [9.17, 15) is 4.79 Å². The summed E-state index contributed by atoms with van der Waals surface area (Å²) in [5, 5.41) is 6.39. The largest absolute Gasteiger partial charge is 0.352 e. The van der Waals surface area contributed by atoms with Crippen molar-refractivity contribution < 1.29 is 4.79 Å². The van der Waals surface area contributed by atoms with Crippen LogP contribution in [0.3, 0.4) is 0 Å². The molecule has 2 N–H and O–H groups in total. The molecule has 1 aliphatic carbocycles. The van der Waals surface area contributed by atoms with Gasteiger partial charge in [-0.3, -0.25) is 4.79 Å². The molecule has 0 saturated carbocycles. The normalized spacial score (nSPS) is 25.5. The first-order chi connectivity index (χ1) is 7.34. The van der Waals surface area contributed by atoms with E-state index in [1.807, 2.05) is 0 Å². The highest BCUT2D eigenvalue weighted by Crippen LogP contribution is 2.19. The zero-order valence-corrected chi connectivity index (χ0v) is 9.22. The van der Waals surface area contributed by atoms with E-state index in [-0.39, 0.29) is 5.91 Å². The Kier molecular flexibility index (Phi) is 3.78. The summed E-state index contributed by atoms with van der Waals surface area (Å²) in [6.45, 7) is 1.98. The van der Waals surface area contributed by atoms with Crippen LogP contribution >= 0.6 is 0 Å². The molecule has 0 spiro atoms. The van der Waals surface area contributed by atoms with Crippen LogP contribution in [0.25, 0.3) is 0 Å². The third kappa shape index (κ3) is 3.34. The second-order valence-electron chi connectivity index (χ2n) is 4.51. The zero-order chi connectivity index (χ0) is 10.5. The molecule has 2 rings (SSSR count). The monoisotopic (exact) mass is 208 g/mol. The van der Waals surface area contributed by atoms with Crippen molar-refractivity contribution in [1.82, 2.24) is 10.6 Å². The molecule has 1 amide bonds. The van der Waals surface area contributed by atoms with Crippen molar-refractivity contribution in [2.75, 3.05) is 13.1 Å². The van der Waals surface area contributed by atoms with E-state index in [4.69, 9.17) is 0 Å². The minimum atomic E-state index is 0.209. The predicted octanol–water partition coefficient (Wildman–Crippen LogP) is 1.35. The van der Waals surface area contributed by atoms with Crippen LogP contribution in [0.1, 0.15) is 38.5 Å². The van der Waals surface area contributed by atoms with Gasteiger partial charge in [-0.2, -0.15) is 0 Å². The van der Waals surface area contributed by atoms with Crippen LogP contribution in [0.2, 0.25) is 0 Å². The highest BCUT2D eigenvalue weighted by molar-refractivity contribution is 5.78.